The predicted molar refractivity (Wildman–Crippen MR) is 85.6 cm³/mol. The van der Waals surface area contributed by atoms with Crippen molar-refractivity contribution >= 4 is 0 Å². The van der Waals surface area contributed by atoms with Crippen LogP contribution in [0.1, 0.15) is 45.2 Å². The summed E-state index contributed by atoms with van der Waals surface area (Å²) in [7, 11) is 0. The first-order valence-electron chi connectivity index (χ1n) is 7.96. The third-order valence-electron chi connectivity index (χ3n) is 4.44. The van der Waals surface area contributed by atoms with Crippen LogP contribution in [0.25, 0.3) is 0 Å². The molecule has 0 saturated carbocycles. The second kappa shape index (κ2) is 7.14. The molecular weight excluding hydrogens is 264 g/mol. The van der Waals surface area contributed by atoms with E-state index in [1.54, 1.807) is 12.1 Å². The quantitative estimate of drug-likeness (QED) is 0.781. The van der Waals surface area contributed by atoms with Gasteiger partial charge in [-0.05, 0) is 70.3 Å². The molecule has 1 aromatic carbocycles. The summed E-state index contributed by atoms with van der Waals surface area (Å²) in [6.07, 6.45) is 2.52. The fourth-order valence-electron chi connectivity index (χ4n) is 3.24. The summed E-state index contributed by atoms with van der Waals surface area (Å²) < 4.78 is 0. The molecule has 2 unspecified atom stereocenters. The number of phenolic OH excluding ortho intramolecular Hbond substituents is 2. The first-order chi connectivity index (χ1) is 9.97. The molecule has 1 fully saturated rings. The highest BCUT2D eigenvalue weighted by molar-refractivity contribution is 5.38. The van der Waals surface area contributed by atoms with Gasteiger partial charge in [0.05, 0.1) is 0 Å². The van der Waals surface area contributed by atoms with E-state index < -0.39 is 0 Å². The average molecular weight is 292 g/mol. The molecule has 0 radical (unpaired) electrons. The Labute approximate surface area is 127 Å². The minimum absolute atomic E-state index is 0.125. The molecule has 21 heavy (non-hydrogen) atoms. The molecule has 0 bridgehead atoms. The lowest BCUT2D eigenvalue weighted by Crippen LogP contribution is -2.42. The average Bonchev–Trinajstić information content (AvgIpc) is 2.44. The Bertz CT molecular complexity index is 436. The zero-order valence-electron chi connectivity index (χ0n) is 13.3. The highest BCUT2D eigenvalue weighted by atomic mass is 16.3. The Hall–Kier alpha value is -1.26. The molecule has 118 valence electrons. The molecule has 1 saturated heterocycles. The van der Waals surface area contributed by atoms with Crippen LogP contribution in [0, 0.1) is 5.92 Å². The number of nitrogens with one attached hydrogen (secondary N) is 1. The van der Waals surface area contributed by atoms with Gasteiger partial charge in [-0.2, -0.15) is 0 Å². The zero-order chi connectivity index (χ0) is 15.4. The summed E-state index contributed by atoms with van der Waals surface area (Å²) in [5.74, 6) is 0.925. The highest BCUT2D eigenvalue weighted by Crippen LogP contribution is 2.30. The minimum Gasteiger partial charge on any atom is -0.508 e. The Morgan fingerprint density at radius 1 is 1.19 bits per heavy atom. The third-order valence-corrected chi connectivity index (χ3v) is 4.44. The Morgan fingerprint density at radius 2 is 1.86 bits per heavy atom. The molecule has 3 N–H and O–H groups in total. The second-order valence-corrected chi connectivity index (χ2v) is 6.46. The molecule has 1 aliphatic heterocycles. The smallest absolute Gasteiger partial charge is 0.119 e. The largest absolute Gasteiger partial charge is 0.508 e. The van der Waals surface area contributed by atoms with Crippen LogP contribution in [0.3, 0.4) is 0 Å². The van der Waals surface area contributed by atoms with E-state index in [0.29, 0.717) is 12.0 Å². The van der Waals surface area contributed by atoms with E-state index >= 15 is 0 Å². The van der Waals surface area contributed by atoms with Crippen LogP contribution in [-0.2, 0) is 0 Å². The van der Waals surface area contributed by atoms with Crippen molar-refractivity contribution in [3.8, 4) is 11.5 Å². The van der Waals surface area contributed by atoms with Crippen LogP contribution in [0.15, 0.2) is 18.2 Å². The number of aromatic hydroxyl groups is 2. The number of piperidine rings is 1. The zero-order valence-corrected chi connectivity index (χ0v) is 13.3. The van der Waals surface area contributed by atoms with Crippen molar-refractivity contribution in [1.82, 2.24) is 10.2 Å². The van der Waals surface area contributed by atoms with E-state index in [2.05, 4.69) is 31.0 Å². The molecule has 2 atom stereocenters. The number of benzene rings is 1. The van der Waals surface area contributed by atoms with Crippen LogP contribution in [-0.4, -0.2) is 40.8 Å². The Kier molecular flexibility index (Phi) is 5.48. The van der Waals surface area contributed by atoms with E-state index in [-0.39, 0.29) is 17.5 Å². The van der Waals surface area contributed by atoms with Crippen LogP contribution in [0.5, 0.6) is 11.5 Å². The van der Waals surface area contributed by atoms with Gasteiger partial charge in [0.25, 0.3) is 0 Å². The number of nitrogens with zero attached hydrogens (tertiary/aromatic N) is 1. The maximum Gasteiger partial charge on any atom is 0.119 e. The van der Waals surface area contributed by atoms with Gasteiger partial charge < -0.3 is 15.5 Å². The van der Waals surface area contributed by atoms with Crippen LogP contribution >= 0.6 is 0 Å². The summed E-state index contributed by atoms with van der Waals surface area (Å²) in [5.41, 5.74) is 0.963. The molecule has 0 aromatic heterocycles. The molecule has 1 aliphatic rings. The van der Waals surface area contributed by atoms with E-state index in [9.17, 15) is 10.2 Å². The van der Waals surface area contributed by atoms with Crippen molar-refractivity contribution in [2.45, 2.75) is 45.7 Å². The first-order valence-corrected chi connectivity index (χ1v) is 7.96. The monoisotopic (exact) mass is 292 g/mol. The predicted octanol–water partition coefficient (Wildman–Crippen LogP) is 2.87. The van der Waals surface area contributed by atoms with Crippen molar-refractivity contribution in [3.05, 3.63) is 23.8 Å². The standard InChI is InChI=1S/C17H28N2O2/c1-12(2)19(11-14-5-4-6-18-10-14)13(3)15-7-16(20)9-17(21)8-15/h7-9,12-14,18,20-21H,4-6,10-11H2,1-3H3. The SMILES string of the molecule is CC(C)N(CC1CCCNC1)C(C)c1cc(O)cc(O)c1. The van der Waals surface area contributed by atoms with E-state index in [4.69, 9.17) is 0 Å². The maximum absolute atomic E-state index is 9.70. The fourth-order valence-corrected chi connectivity index (χ4v) is 3.24. The van der Waals surface area contributed by atoms with Gasteiger partial charge in [-0.3, -0.25) is 4.90 Å². The van der Waals surface area contributed by atoms with Crippen molar-refractivity contribution in [3.63, 3.8) is 0 Å². The lowest BCUT2D eigenvalue weighted by atomic mass is 9.96. The Balaban J connectivity index is 2.12. The summed E-state index contributed by atoms with van der Waals surface area (Å²) in [6, 6.07) is 5.47. The lowest BCUT2D eigenvalue weighted by Gasteiger charge is -2.37. The molecule has 0 spiro atoms. The fraction of sp³-hybridized carbons (Fsp3) is 0.647. The first kappa shape index (κ1) is 16.1. The molecule has 1 aromatic rings. The van der Waals surface area contributed by atoms with Crippen molar-refractivity contribution in [2.75, 3.05) is 19.6 Å². The summed E-state index contributed by atoms with van der Waals surface area (Å²) in [5, 5.41) is 22.9. The molecule has 0 amide bonds. The van der Waals surface area contributed by atoms with Gasteiger partial charge in [0.1, 0.15) is 11.5 Å². The third kappa shape index (κ3) is 4.35. The minimum atomic E-state index is 0.125. The van der Waals surface area contributed by atoms with Crippen molar-refractivity contribution in [2.24, 2.45) is 5.92 Å². The van der Waals surface area contributed by atoms with Gasteiger partial charge in [-0.15, -0.1) is 0 Å². The summed E-state index contributed by atoms with van der Waals surface area (Å²) >= 11 is 0. The van der Waals surface area contributed by atoms with Gasteiger partial charge >= 0.3 is 0 Å². The van der Waals surface area contributed by atoms with Crippen LogP contribution in [0.4, 0.5) is 0 Å². The second-order valence-electron chi connectivity index (χ2n) is 6.46. The van der Waals surface area contributed by atoms with Gasteiger partial charge in [-0.1, -0.05) is 0 Å². The molecule has 4 heteroatoms. The Morgan fingerprint density at radius 3 is 2.38 bits per heavy atom. The van der Waals surface area contributed by atoms with E-state index in [1.165, 1.54) is 18.9 Å². The number of phenols is 2. The molecular formula is C17H28N2O2. The number of hydrogen-bond donors (Lipinski definition) is 3. The van der Waals surface area contributed by atoms with Crippen LogP contribution < -0.4 is 5.32 Å². The topological polar surface area (TPSA) is 55.7 Å². The van der Waals surface area contributed by atoms with Crippen LogP contribution in [0.2, 0.25) is 0 Å². The van der Waals surface area contributed by atoms with Gasteiger partial charge in [0.2, 0.25) is 0 Å². The summed E-state index contributed by atoms with van der Waals surface area (Å²) in [6.45, 7) is 9.81. The van der Waals surface area contributed by atoms with Crippen molar-refractivity contribution < 1.29 is 10.2 Å². The number of hydrogen-bond acceptors (Lipinski definition) is 4. The number of rotatable bonds is 5. The normalized spacial score (nSPS) is 20.9. The van der Waals surface area contributed by atoms with Gasteiger partial charge in [0, 0.05) is 24.7 Å². The van der Waals surface area contributed by atoms with Crippen molar-refractivity contribution in [1.29, 1.82) is 0 Å². The molecule has 0 aliphatic carbocycles. The van der Waals surface area contributed by atoms with E-state index in [1.807, 2.05) is 0 Å². The molecule has 4 nitrogen and oxygen atoms in total. The highest BCUT2D eigenvalue weighted by Gasteiger charge is 2.24. The molecule has 2 rings (SSSR count). The lowest BCUT2D eigenvalue weighted by molar-refractivity contribution is 0.126. The maximum atomic E-state index is 9.70. The molecule has 1 heterocycles. The summed E-state index contributed by atoms with van der Waals surface area (Å²) in [4.78, 5) is 2.45. The van der Waals surface area contributed by atoms with Gasteiger partial charge in [-0.25, -0.2) is 0 Å². The van der Waals surface area contributed by atoms with E-state index in [0.717, 1.165) is 25.2 Å². The van der Waals surface area contributed by atoms with Gasteiger partial charge in [0.15, 0.2) is 0 Å².